The van der Waals surface area contributed by atoms with E-state index in [0.717, 1.165) is 62.5 Å². The van der Waals surface area contributed by atoms with Crippen molar-refractivity contribution in [1.82, 2.24) is 19.6 Å². The van der Waals surface area contributed by atoms with Gasteiger partial charge in [0.05, 0.1) is 52.5 Å². The van der Waals surface area contributed by atoms with Crippen LogP contribution in [0.3, 0.4) is 0 Å². The molecule has 0 radical (unpaired) electrons. The van der Waals surface area contributed by atoms with E-state index in [4.69, 9.17) is 19.2 Å². The van der Waals surface area contributed by atoms with Crippen LogP contribution in [-0.4, -0.2) is 109 Å². The number of fused-ring (bicyclic) bond motifs is 4. The lowest BCUT2D eigenvalue weighted by Crippen LogP contribution is -2.55. The number of aromatic amines is 1. The molecule has 7 aliphatic rings. The number of piperidine rings is 1. The third-order valence-corrected chi connectivity index (χ3v) is 18.2. The van der Waals surface area contributed by atoms with Gasteiger partial charge in [0.2, 0.25) is 5.88 Å². The summed E-state index contributed by atoms with van der Waals surface area (Å²) in [5.74, 6) is 0.0786. The summed E-state index contributed by atoms with van der Waals surface area (Å²) in [7, 11) is -4.70. The van der Waals surface area contributed by atoms with Gasteiger partial charge in [0.25, 0.3) is 21.6 Å². The summed E-state index contributed by atoms with van der Waals surface area (Å²) in [5, 5.41) is 26.7. The molecule has 7 heterocycles. The fourth-order valence-corrected chi connectivity index (χ4v) is 14.1. The first-order valence-electron chi connectivity index (χ1n) is 25.5. The van der Waals surface area contributed by atoms with Crippen molar-refractivity contribution >= 4 is 55.4 Å². The van der Waals surface area contributed by atoms with E-state index in [1.807, 2.05) is 29.2 Å². The molecular weight excluding hydrogens is 925 g/mol. The second-order valence-corrected chi connectivity index (χ2v) is 23.1. The SMILES string of the molecule is CC(C)c1ccccc1[C@@H]1CCCN1C1CC2(CCN(c3ccc(C(=O)NS(=O)(=O)c4cc5c(c([N+](=O)[O-])c4)N[C@H](C4CCC(O)CC4)CO5)c(N4c5cc6cc[nH]c6nc5O[C@H]5COC[C@@H]54)c3)CC2)C1. The van der Waals surface area contributed by atoms with Crippen molar-refractivity contribution in [3.8, 4) is 11.6 Å². The molecule has 1 spiro atoms. The average molecular weight is 987 g/mol. The van der Waals surface area contributed by atoms with Gasteiger partial charge in [-0.2, -0.15) is 4.98 Å². The number of nitrogens with one attached hydrogen (secondary N) is 3. The van der Waals surface area contributed by atoms with E-state index in [2.05, 4.69) is 62.9 Å². The molecule has 4 atom stereocenters. The zero-order valence-corrected chi connectivity index (χ0v) is 41.0. The number of sulfonamides is 1. The quantitative estimate of drug-likeness (QED) is 0.0768. The van der Waals surface area contributed by atoms with Gasteiger partial charge >= 0.3 is 0 Å². The lowest BCUT2D eigenvalue weighted by atomic mass is 9.59. The van der Waals surface area contributed by atoms with Crippen molar-refractivity contribution in [2.24, 2.45) is 11.3 Å². The fourth-order valence-electron chi connectivity index (χ4n) is 13.1. The molecular formula is C53H62N8O9S. The molecule has 1 amide bonds. The number of amides is 1. The van der Waals surface area contributed by atoms with Crippen LogP contribution in [0.4, 0.5) is 28.4 Å². The van der Waals surface area contributed by atoms with E-state index < -0.39 is 37.5 Å². The topological polar surface area (TPSA) is 205 Å². The minimum atomic E-state index is -4.70. The highest BCUT2D eigenvalue weighted by atomic mass is 32.2. The van der Waals surface area contributed by atoms with Gasteiger partial charge in [0.15, 0.2) is 11.4 Å². The number of aliphatic hydroxyl groups is 1. The molecule has 3 aromatic carbocycles. The number of ether oxygens (including phenoxy) is 3. The molecule has 3 saturated heterocycles. The summed E-state index contributed by atoms with van der Waals surface area (Å²) in [6, 6.07) is 21.0. The monoisotopic (exact) mass is 986 g/mol. The van der Waals surface area contributed by atoms with Crippen LogP contribution in [0.15, 0.2) is 77.8 Å². The second kappa shape index (κ2) is 18.0. The van der Waals surface area contributed by atoms with E-state index in [0.29, 0.717) is 67.0 Å². The van der Waals surface area contributed by atoms with Gasteiger partial charge in [0.1, 0.15) is 24.0 Å². The number of pyridine rings is 1. The Labute approximate surface area is 413 Å². The number of carbonyl (C=O) groups is 1. The molecule has 374 valence electrons. The molecule has 2 aromatic heterocycles. The van der Waals surface area contributed by atoms with Crippen LogP contribution < -0.4 is 29.3 Å². The summed E-state index contributed by atoms with van der Waals surface area (Å²) >= 11 is 0. The lowest BCUT2D eigenvalue weighted by molar-refractivity contribution is -0.384. The van der Waals surface area contributed by atoms with Crippen LogP contribution >= 0.6 is 0 Å². The summed E-state index contributed by atoms with van der Waals surface area (Å²) in [6.07, 6.45) is 10.7. The predicted molar refractivity (Wildman–Crippen MR) is 268 cm³/mol. The van der Waals surface area contributed by atoms with E-state index in [-0.39, 0.29) is 53.1 Å². The first-order chi connectivity index (χ1) is 34.3. The summed E-state index contributed by atoms with van der Waals surface area (Å²) < 4.78 is 49.4. The van der Waals surface area contributed by atoms with Crippen molar-refractivity contribution in [1.29, 1.82) is 0 Å². The highest BCUT2D eigenvalue weighted by Crippen LogP contribution is 2.55. The zero-order chi connectivity index (χ0) is 48.8. The van der Waals surface area contributed by atoms with E-state index in [9.17, 15) is 28.4 Å². The third-order valence-electron chi connectivity index (χ3n) is 16.9. The first-order valence-corrected chi connectivity index (χ1v) is 27.0. The van der Waals surface area contributed by atoms with Crippen molar-refractivity contribution in [3.05, 3.63) is 99.7 Å². The van der Waals surface area contributed by atoms with Crippen molar-refractivity contribution < 1.29 is 37.5 Å². The molecule has 71 heavy (non-hydrogen) atoms. The van der Waals surface area contributed by atoms with Crippen LogP contribution in [0.1, 0.15) is 112 Å². The van der Waals surface area contributed by atoms with Crippen LogP contribution in [-0.2, 0) is 14.8 Å². The Kier molecular flexibility index (Phi) is 11.7. The maximum Gasteiger partial charge on any atom is 0.297 e. The summed E-state index contributed by atoms with van der Waals surface area (Å²) in [4.78, 5) is 41.3. The molecule has 5 fully saturated rings. The largest absolute Gasteiger partial charge is 0.489 e. The number of benzene rings is 3. The van der Waals surface area contributed by atoms with Crippen molar-refractivity contribution in [2.45, 2.75) is 125 Å². The predicted octanol–water partition coefficient (Wildman–Crippen LogP) is 8.32. The number of anilines is 4. The number of nitrogens with zero attached hydrogens (tertiary/aromatic N) is 5. The van der Waals surface area contributed by atoms with Crippen molar-refractivity contribution in [3.63, 3.8) is 0 Å². The van der Waals surface area contributed by atoms with Crippen molar-refractivity contribution in [2.75, 3.05) is 54.6 Å². The summed E-state index contributed by atoms with van der Waals surface area (Å²) in [5.41, 5.74) is 5.57. The van der Waals surface area contributed by atoms with Gasteiger partial charge in [-0.05, 0) is 129 Å². The zero-order valence-electron chi connectivity index (χ0n) is 40.2. The first kappa shape index (κ1) is 46.1. The number of hydrogen-bond donors (Lipinski definition) is 4. The van der Waals surface area contributed by atoms with Gasteiger partial charge < -0.3 is 39.4 Å². The maximum absolute atomic E-state index is 14.7. The Bertz CT molecular complexity index is 2990. The van der Waals surface area contributed by atoms with Crippen LogP contribution in [0.25, 0.3) is 11.0 Å². The Morgan fingerprint density at radius 2 is 1.76 bits per heavy atom. The molecule has 12 rings (SSSR count). The highest BCUT2D eigenvalue weighted by Gasteiger charge is 2.50. The van der Waals surface area contributed by atoms with E-state index in [1.54, 1.807) is 12.3 Å². The van der Waals surface area contributed by atoms with Crippen LogP contribution in [0.5, 0.6) is 11.6 Å². The lowest BCUT2D eigenvalue weighted by Gasteiger charge is -2.56. The standard InChI is InChI=1S/C53H62N8O9S/c1-31(2)38-6-3-4-7-39(38)42-8-5-19-59(42)35-26-53(27-35)16-20-58(21-17-53)34-11-14-40(43(23-34)60-45-22-33-15-18-54-50(33)56-52(45)70-48-30-68-29-46(48)60)51(63)57-71(66,67)37-24-44(61(64)65)49-47(25-37)69-28-41(55-49)32-9-12-36(62)13-10-32/h3-4,6-7,11,14-15,18,22-25,31-32,35-36,41-42,46,48,55,62H,5,8-10,12-13,16-17,19-21,26-30H2,1-2H3,(H,54,56)(H,57,63)/t32?,36?,41-,42-,46-,48-/m0/s1. The number of nitro groups is 1. The Hall–Kier alpha value is -5.95. The molecule has 17 nitrogen and oxygen atoms in total. The van der Waals surface area contributed by atoms with Gasteiger partial charge in [-0.15, -0.1) is 0 Å². The molecule has 2 aliphatic carbocycles. The number of nitro benzene ring substituents is 1. The number of H-pyrrole nitrogens is 1. The van der Waals surface area contributed by atoms with Gasteiger partial charge in [-0.3, -0.25) is 19.8 Å². The highest BCUT2D eigenvalue weighted by molar-refractivity contribution is 7.90. The number of rotatable bonds is 10. The smallest absolute Gasteiger partial charge is 0.297 e. The third kappa shape index (κ3) is 8.33. The number of likely N-dealkylation sites (tertiary alicyclic amines) is 1. The molecule has 18 heteroatoms. The number of aromatic nitrogens is 2. The minimum absolute atomic E-state index is 0.0123. The molecule has 5 aliphatic heterocycles. The minimum Gasteiger partial charge on any atom is -0.489 e. The number of hydrogen-bond acceptors (Lipinski definition) is 14. The second-order valence-electron chi connectivity index (χ2n) is 21.4. The Morgan fingerprint density at radius 1 is 0.958 bits per heavy atom. The Balaban J connectivity index is 0.827. The average Bonchev–Trinajstić information content (AvgIpc) is 4.16. The van der Waals surface area contributed by atoms with Gasteiger partial charge in [-0.1, -0.05) is 38.1 Å². The van der Waals surface area contributed by atoms with Crippen LogP contribution in [0, 0.1) is 21.4 Å². The molecule has 0 bridgehead atoms. The Morgan fingerprint density at radius 3 is 2.55 bits per heavy atom. The number of carbonyl (C=O) groups excluding carboxylic acids is 1. The maximum atomic E-state index is 14.7. The summed E-state index contributed by atoms with van der Waals surface area (Å²) in [6.45, 7) is 8.17. The molecule has 0 unspecified atom stereocenters. The molecule has 5 aromatic rings. The molecule has 2 saturated carbocycles. The van der Waals surface area contributed by atoms with E-state index >= 15 is 0 Å². The normalized spacial score (nSPS) is 26.3. The van der Waals surface area contributed by atoms with E-state index in [1.165, 1.54) is 42.9 Å². The van der Waals surface area contributed by atoms with Crippen LogP contribution in [0.2, 0.25) is 0 Å². The number of aliphatic hydroxyl groups excluding tert-OH is 1. The molecule has 4 N–H and O–H groups in total. The fraction of sp³-hybridized carbons (Fsp3) is 0.509. The van der Waals surface area contributed by atoms with Gasteiger partial charge in [-0.25, -0.2) is 13.1 Å². The van der Waals surface area contributed by atoms with Gasteiger partial charge in [0, 0.05) is 54.6 Å².